The fourth-order valence-electron chi connectivity index (χ4n) is 0.839. The Hall–Kier alpha value is -1.63. The monoisotopic (exact) mass is 202 g/mol. The van der Waals surface area contributed by atoms with Crippen LogP contribution >= 0.6 is 0 Å². The molecule has 80 valence electrons. The van der Waals surface area contributed by atoms with Gasteiger partial charge in [0.25, 0.3) is 0 Å². The van der Waals surface area contributed by atoms with Crippen molar-refractivity contribution in [3.05, 3.63) is 0 Å². The van der Waals surface area contributed by atoms with Crippen molar-refractivity contribution in [2.75, 3.05) is 0 Å². The Morgan fingerprint density at radius 1 is 1.14 bits per heavy atom. The van der Waals surface area contributed by atoms with E-state index in [0.717, 1.165) is 0 Å². The van der Waals surface area contributed by atoms with Crippen molar-refractivity contribution in [3.8, 4) is 0 Å². The molecular formula is C7H14N4O3. The highest BCUT2D eigenvalue weighted by atomic mass is 16.2. The third kappa shape index (κ3) is 3.40. The molecule has 0 aromatic carbocycles. The van der Waals surface area contributed by atoms with Crippen LogP contribution < -0.4 is 22.3 Å². The van der Waals surface area contributed by atoms with E-state index in [2.05, 4.69) is 5.32 Å². The van der Waals surface area contributed by atoms with Gasteiger partial charge in [-0.15, -0.1) is 0 Å². The van der Waals surface area contributed by atoms with Crippen molar-refractivity contribution in [3.63, 3.8) is 0 Å². The standard InChI is InChI=1S/C7H14N4O3/c1-3(2)4(5(8)12)10-6(13)7(14)11-9/h3-4H,9H2,1-2H3,(H2,8,12)(H,10,13)(H,11,14). The molecule has 0 aromatic rings. The maximum atomic E-state index is 11.0. The van der Waals surface area contributed by atoms with Gasteiger partial charge in [0, 0.05) is 0 Å². The summed E-state index contributed by atoms with van der Waals surface area (Å²) in [6.45, 7) is 3.38. The van der Waals surface area contributed by atoms with Gasteiger partial charge in [-0.25, -0.2) is 5.84 Å². The molecule has 0 aliphatic rings. The van der Waals surface area contributed by atoms with Gasteiger partial charge in [-0.3, -0.25) is 19.8 Å². The Kier molecular flexibility index (Phi) is 4.57. The number of rotatable bonds is 3. The Bertz CT molecular complexity index is 251. The summed E-state index contributed by atoms with van der Waals surface area (Å²) in [5.74, 6) is 1.84. The second-order valence-electron chi connectivity index (χ2n) is 3.07. The van der Waals surface area contributed by atoms with Crippen LogP contribution in [-0.4, -0.2) is 23.8 Å². The lowest BCUT2D eigenvalue weighted by Gasteiger charge is -2.17. The summed E-state index contributed by atoms with van der Waals surface area (Å²) in [7, 11) is 0. The van der Waals surface area contributed by atoms with Crippen LogP contribution in [0.25, 0.3) is 0 Å². The zero-order valence-corrected chi connectivity index (χ0v) is 8.03. The molecule has 0 bridgehead atoms. The molecule has 3 amide bonds. The van der Waals surface area contributed by atoms with E-state index in [1.165, 1.54) is 0 Å². The van der Waals surface area contributed by atoms with E-state index in [9.17, 15) is 14.4 Å². The first-order chi connectivity index (χ1) is 6.40. The summed E-state index contributed by atoms with van der Waals surface area (Å²) in [6.07, 6.45) is 0. The summed E-state index contributed by atoms with van der Waals surface area (Å²) in [5.41, 5.74) is 6.66. The number of amides is 3. The van der Waals surface area contributed by atoms with E-state index in [1.807, 2.05) is 0 Å². The first-order valence-corrected chi connectivity index (χ1v) is 4.01. The Labute approximate surface area is 81.2 Å². The largest absolute Gasteiger partial charge is 0.368 e. The summed E-state index contributed by atoms with van der Waals surface area (Å²) in [5, 5.41) is 2.16. The molecule has 14 heavy (non-hydrogen) atoms. The maximum Gasteiger partial charge on any atom is 0.323 e. The van der Waals surface area contributed by atoms with Gasteiger partial charge in [0.15, 0.2) is 0 Å². The van der Waals surface area contributed by atoms with E-state index >= 15 is 0 Å². The fraction of sp³-hybridized carbons (Fsp3) is 0.571. The topological polar surface area (TPSA) is 127 Å². The zero-order valence-electron chi connectivity index (χ0n) is 8.03. The Morgan fingerprint density at radius 2 is 1.64 bits per heavy atom. The number of nitrogens with one attached hydrogen (secondary N) is 2. The molecule has 0 heterocycles. The van der Waals surface area contributed by atoms with Crippen molar-refractivity contribution in [2.24, 2.45) is 17.5 Å². The van der Waals surface area contributed by atoms with E-state index in [-0.39, 0.29) is 5.92 Å². The van der Waals surface area contributed by atoms with Gasteiger partial charge in [0.2, 0.25) is 5.91 Å². The van der Waals surface area contributed by atoms with Gasteiger partial charge in [0.1, 0.15) is 6.04 Å². The van der Waals surface area contributed by atoms with Crippen LogP contribution in [0.15, 0.2) is 0 Å². The maximum absolute atomic E-state index is 11.0. The highest BCUT2D eigenvalue weighted by Gasteiger charge is 2.24. The number of primary amides is 1. The van der Waals surface area contributed by atoms with Crippen LogP contribution in [-0.2, 0) is 14.4 Å². The van der Waals surface area contributed by atoms with E-state index in [1.54, 1.807) is 19.3 Å². The van der Waals surface area contributed by atoms with Gasteiger partial charge < -0.3 is 11.1 Å². The van der Waals surface area contributed by atoms with Crippen LogP contribution in [0.5, 0.6) is 0 Å². The molecule has 1 unspecified atom stereocenters. The van der Waals surface area contributed by atoms with Crippen molar-refractivity contribution in [2.45, 2.75) is 19.9 Å². The van der Waals surface area contributed by atoms with Gasteiger partial charge in [-0.2, -0.15) is 0 Å². The Balaban J connectivity index is 4.39. The lowest BCUT2D eigenvalue weighted by Crippen LogP contribution is -2.52. The molecule has 0 fully saturated rings. The minimum Gasteiger partial charge on any atom is -0.368 e. The smallest absolute Gasteiger partial charge is 0.323 e. The van der Waals surface area contributed by atoms with Crippen LogP contribution in [0.1, 0.15) is 13.8 Å². The van der Waals surface area contributed by atoms with E-state index in [0.29, 0.717) is 0 Å². The van der Waals surface area contributed by atoms with Crippen molar-refractivity contribution < 1.29 is 14.4 Å². The molecule has 0 rings (SSSR count). The van der Waals surface area contributed by atoms with Crippen molar-refractivity contribution in [1.82, 2.24) is 10.7 Å². The van der Waals surface area contributed by atoms with Gasteiger partial charge >= 0.3 is 11.8 Å². The normalized spacial score (nSPS) is 12.0. The average Bonchev–Trinajstić information content (AvgIpc) is 2.11. The first kappa shape index (κ1) is 12.4. The molecule has 1 atom stereocenters. The Morgan fingerprint density at radius 3 is 1.93 bits per heavy atom. The quantitative estimate of drug-likeness (QED) is 0.176. The number of carbonyl (C=O) groups excluding carboxylic acids is 3. The molecule has 6 N–H and O–H groups in total. The number of carbonyl (C=O) groups is 3. The predicted molar refractivity (Wildman–Crippen MR) is 48.3 cm³/mol. The highest BCUT2D eigenvalue weighted by molar-refractivity contribution is 6.35. The molecule has 0 aliphatic heterocycles. The van der Waals surface area contributed by atoms with Crippen LogP contribution in [0, 0.1) is 5.92 Å². The third-order valence-corrected chi connectivity index (χ3v) is 1.60. The van der Waals surface area contributed by atoms with Crippen molar-refractivity contribution in [1.29, 1.82) is 0 Å². The molecule has 0 aromatic heterocycles. The van der Waals surface area contributed by atoms with E-state index < -0.39 is 23.8 Å². The summed E-state index contributed by atoms with van der Waals surface area (Å²) >= 11 is 0. The zero-order chi connectivity index (χ0) is 11.3. The molecule has 7 nitrogen and oxygen atoms in total. The minimum absolute atomic E-state index is 0.193. The summed E-state index contributed by atoms with van der Waals surface area (Å²) in [4.78, 5) is 32.5. The lowest BCUT2D eigenvalue weighted by atomic mass is 10.0. The SMILES string of the molecule is CC(C)C(NC(=O)C(=O)NN)C(N)=O. The minimum atomic E-state index is -1.02. The number of hydrazine groups is 1. The fourth-order valence-corrected chi connectivity index (χ4v) is 0.839. The first-order valence-electron chi connectivity index (χ1n) is 4.01. The van der Waals surface area contributed by atoms with Crippen LogP contribution in [0.3, 0.4) is 0 Å². The number of hydrogen-bond donors (Lipinski definition) is 4. The molecule has 0 radical (unpaired) electrons. The molecule has 0 saturated carbocycles. The average molecular weight is 202 g/mol. The molecular weight excluding hydrogens is 188 g/mol. The van der Waals surface area contributed by atoms with Crippen LogP contribution in [0.4, 0.5) is 0 Å². The van der Waals surface area contributed by atoms with Crippen molar-refractivity contribution >= 4 is 17.7 Å². The third-order valence-electron chi connectivity index (χ3n) is 1.60. The van der Waals surface area contributed by atoms with Gasteiger partial charge in [-0.1, -0.05) is 13.8 Å². The van der Waals surface area contributed by atoms with Gasteiger partial charge in [-0.05, 0) is 5.92 Å². The van der Waals surface area contributed by atoms with Gasteiger partial charge in [0.05, 0.1) is 0 Å². The molecule has 0 aliphatic carbocycles. The molecule has 0 spiro atoms. The lowest BCUT2D eigenvalue weighted by molar-refractivity contribution is -0.140. The highest BCUT2D eigenvalue weighted by Crippen LogP contribution is 1.99. The number of hydrogen-bond acceptors (Lipinski definition) is 4. The van der Waals surface area contributed by atoms with E-state index in [4.69, 9.17) is 11.6 Å². The summed E-state index contributed by atoms with van der Waals surface area (Å²) in [6, 6.07) is -0.875. The molecule has 0 saturated heterocycles. The predicted octanol–water partition coefficient (Wildman–Crippen LogP) is -2.40. The second-order valence-corrected chi connectivity index (χ2v) is 3.07. The summed E-state index contributed by atoms with van der Waals surface area (Å²) < 4.78 is 0. The van der Waals surface area contributed by atoms with Crippen LogP contribution in [0.2, 0.25) is 0 Å². The second kappa shape index (κ2) is 5.18. The molecule has 7 heteroatoms. The number of nitrogens with two attached hydrogens (primary N) is 2.